The van der Waals surface area contributed by atoms with Gasteiger partial charge in [-0.2, -0.15) is 0 Å². The van der Waals surface area contributed by atoms with Crippen molar-refractivity contribution in [1.29, 1.82) is 0 Å². The summed E-state index contributed by atoms with van der Waals surface area (Å²) in [5, 5.41) is 10.3. The Bertz CT molecular complexity index is 700. The van der Waals surface area contributed by atoms with E-state index < -0.39 is 6.10 Å². The van der Waals surface area contributed by atoms with Crippen molar-refractivity contribution >= 4 is 5.69 Å². The first kappa shape index (κ1) is 19.3. The molecule has 146 valence electrons. The SMILES string of the molecule is COc1ccc(N2CCN(CC(O)COc3ccccc3OC)CC2)cc1. The van der Waals surface area contributed by atoms with Crippen molar-refractivity contribution in [3.05, 3.63) is 48.5 Å². The number of aliphatic hydroxyl groups is 1. The Balaban J connectivity index is 1.43. The van der Waals surface area contributed by atoms with Crippen molar-refractivity contribution in [3.8, 4) is 17.2 Å². The van der Waals surface area contributed by atoms with Crippen LogP contribution in [0.4, 0.5) is 5.69 Å². The van der Waals surface area contributed by atoms with Crippen molar-refractivity contribution in [3.63, 3.8) is 0 Å². The van der Waals surface area contributed by atoms with Crippen molar-refractivity contribution in [2.75, 3.05) is 58.5 Å². The Morgan fingerprint density at radius 2 is 1.56 bits per heavy atom. The minimum absolute atomic E-state index is 0.249. The second kappa shape index (κ2) is 9.48. The molecule has 1 unspecified atom stereocenters. The molecule has 0 radical (unpaired) electrons. The molecule has 1 atom stereocenters. The number of methoxy groups -OCH3 is 2. The van der Waals surface area contributed by atoms with Crippen LogP contribution in [-0.4, -0.2) is 69.7 Å². The normalized spacial score (nSPS) is 16.0. The Kier molecular flexibility index (Phi) is 6.79. The molecule has 1 fully saturated rings. The van der Waals surface area contributed by atoms with Gasteiger partial charge in [0.2, 0.25) is 0 Å². The lowest BCUT2D eigenvalue weighted by Gasteiger charge is -2.36. The number of rotatable bonds is 8. The maximum atomic E-state index is 10.3. The van der Waals surface area contributed by atoms with Crippen LogP contribution in [0.3, 0.4) is 0 Å². The Hall–Kier alpha value is -2.44. The zero-order valence-electron chi connectivity index (χ0n) is 16.0. The average molecular weight is 372 g/mol. The van der Waals surface area contributed by atoms with Gasteiger partial charge in [-0.1, -0.05) is 12.1 Å². The van der Waals surface area contributed by atoms with Crippen molar-refractivity contribution in [2.45, 2.75) is 6.10 Å². The highest BCUT2D eigenvalue weighted by atomic mass is 16.5. The summed E-state index contributed by atoms with van der Waals surface area (Å²) in [6.45, 7) is 4.55. The smallest absolute Gasteiger partial charge is 0.161 e. The molecule has 0 spiro atoms. The molecule has 0 amide bonds. The minimum atomic E-state index is -0.539. The van der Waals surface area contributed by atoms with E-state index in [0.717, 1.165) is 31.9 Å². The average Bonchev–Trinajstić information content (AvgIpc) is 2.73. The van der Waals surface area contributed by atoms with E-state index in [1.165, 1.54) is 5.69 Å². The van der Waals surface area contributed by atoms with Crippen LogP contribution in [0, 0.1) is 0 Å². The predicted octanol–water partition coefficient (Wildman–Crippen LogP) is 2.27. The quantitative estimate of drug-likeness (QED) is 0.767. The van der Waals surface area contributed by atoms with Gasteiger partial charge in [-0.05, 0) is 36.4 Å². The van der Waals surface area contributed by atoms with Crippen molar-refractivity contribution in [2.24, 2.45) is 0 Å². The van der Waals surface area contributed by atoms with E-state index in [1.54, 1.807) is 14.2 Å². The lowest BCUT2D eigenvalue weighted by atomic mass is 10.2. The van der Waals surface area contributed by atoms with Gasteiger partial charge in [-0.25, -0.2) is 0 Å². The number of piperazine rings is 1. The van der Waals surface area contributed by atoms with E-state index in [9.17, 15) is 5.11 Å². The van der Waals surface area contributed by atoms with E-state index in [0.29, 0.717) is 18.0 Å². The molecule has 2 aromatic rings. The summed E-state index contributed by atoms with van der Waals surface area (Å²) in [6, 6.07) is 15.6. The van der Waals surface area contributed by atoms with Gasteiger partial charge in [-0.15, -0.1) is 0 Å². The van der Waals surface area contributed by atoms with Crippen molar-refractivity contribution < 1.29 is 19.3 Å². The molecule has 2 aromatic carbocycles. The summed E-state index contributed by atoms with van der Waals surface area (Å²) in [7, 11) is 3.29. The molecule has 0 bridgehead atoms. The zero-order chi connectivity index (χ0) is 19.1. The summed E-state index contributed by atoms with van der Waals surface area (Å²) in [6.07, 6.45) is -0.539. The highest BCUT2D eigenvalue weighted by Gasteiger charge is 2.20. The molecule has 6 heteroatoms. The second-order valence-electron chi connectivity index (χ2n) is 6.60. The van der Waals surface area contributed by atoms with Crippen LogP contribution in [0.2, 0.25) is 0 Å². The number of aliphatic hydroxyl groups excluding tert-OH is 1. The van der Waals surface area contributed by atoms with Gasteiger partial charge in [0.15, 0.2) is 11.5 Å². The lowest BCUT2D eigenvalue weighted by Crippen LogP contribution is -2.49. The lowest BCUT2D eigenvalue weighted by molar-refractivity contribution is 0.0653. The minimum Gasteiger partial charge on any atom is -0.497 e. The summed E-state index contributed by atoms with van der Waals surface area (Å²) in [5.74, 6) is 2.21. The summed E-state index contributed by atoms with van der Waals surface area (Å²) in [5.41, 5.74) is 1.20. The molecule has 1 aliphatic heterocycles. The third-order valence-corrected chi connectivity index (χ3v) is 4.78. The summed E-state index contributed by atoms with van der Waals surface area (Å²) in [4.78, 5) is 4.63. The molecule has 1 aliphatic rings. The zero-order valence-corrected chi connectivity index (χ0v) is 16.0. The van der Waals surface area contributed by atoms with Crippen LogP contribution in [0.25, 0.3) is 0 Å². The molecular formula is C21H28N2O4. The number of anilines is 1. The fourth-order valence-corrected chi connectivity index (χ4v) is 3.26. The van der Waals surface area contributed by atoms with E-state index in [2.05, 4.69) is 21.9 Å². The maximum Gasteiger partial charge on any atom is 0.161 e. The number of hydrogen-bond acceptors (Lipinski definition) is 6. The number of para-hydroxylation sites is 2. The molecule has 1 saturated heterocycles. The number of ether oxygens (including phenoxy) is 3. The maximum absolute atomic E-state index is 10.3. The standard InChI is InChI=1S/C21H28N2O4/c1-25-19-9-7-17(8-10-19)23-13-11-22(12-14-23)15-18(24)16-27-21-6-4-3-5-20(21)26-2/h3-10,18,24H,11-16H2,1-2H3. The number of benzene rings is 2. The van der Waals surface area contributed by atoms with Crippen LogP contribution < -0.4 is 19.1 Å². The molecule has 0 aromatic heterocycles. The van der Waals surface area contributed by atoms with Gasteiger partial charge in [0.1, 0.15) is 18.5 Å². The largest absolute Gasteiger partial charge is 0.497 e. The fraction of sp³-hybridized carbons (Fsp3) is 0.429. The number of hydrogen-bond donors (Lipinski definition) is 1. The summed E-state index contributed by atoms with van der Waals surface area (Å²) < 4.78 is 16.2. The van der Waals surface area contributed by atoms with Crippen LogP contribution in [0.5, 0.6) is 17.2 Å². The van der Waals surface area contributed by atoms with Gasteiger partial charge in [0.25, 0.3) is 0 Å². The van der Waals surface area contributed by atoms with Gasteiger partial charge in [0.05, 0.1) is 14.2 Å². The Morgan fingerprint density at radius 1 is 0.889 bits per heavy atom. The third kappa shape index (κ3) is 5.28. The molecule has 1 N–H and O–H groups in total. The van der Waals surface area contributed by atoms with E-state index in [4.69, 9.17) is 14.2 Å². The number of β-amino-alcohol motifs (C(OH)–C–C–N with tert-alkyl or cyclic N) is 1. The first-order chi connectivity index (χ1) is 13.2. The molecule has 0 saturated carbocycles. The molecule has 1 heterocycles. The van der Waals surface area contributed by atoms with Crippen LogP contribution in [0.1, 0.15) is 0 Å². The van der Waals surface area contributed by atoms with Crippen LogP contribution >= 0.6 is 0 Å². The van der Waals surface area contributed by atoms with Crippen molar-refractivity contribution in [1.82, 2.24) is 4.90 Å². The Labute approximate surface area is 160 Å². The van der Waals surface area contributed by atoms with Crippen LogP contribution in [0.15, 0.2) is 48.5 Å². The highest BCUT2D eigenvalue weighted by Crippen LogP contribution is 2.26. The fourth-order valence-electron chi connectivity index (χ4n) is 3.26. The van der Waals surface area contributed by atoms with Gasteiger partial charge < -0.3 is 24.2 Å². The molecule has 6 nitrogen and oxygen atoms in total. The Morgan fingerprint density at radius 3 is 2.19 bits per heavy atom. The second-order valence-corrected chi connectivity index (χ2v) is 6.60. The third-order valence-electron chi connectivity index (χ3n) is 4.78. The monoisotopic (exact) mass is 372 g/mol. The molecular weight excluding hydrogens is 344 g/mol. The van der Waals surface area contributed by atoms with Gasteiger partial charge in [-0.3, -0.25) is 4.90 Å². The highest BCUT2D eigenvalue weighted by molar-refractivity contribution is 5.49. The van der Waals surface area contributed by atoms with Gasteiger partial charge >= 0.3 is 0 Å². The van der Waals surface area contributed by atoms with Crippen LogP contribution in [-0.2, 0) is 0 Å². The van der Waals surface area contributed by atoms with E-state index >= 15 is 0 Å². The molecule has 27 heavy (non-hydrogen) atoms. The topological polar surface area (TPSA) is 54.4 Å². The predicted molar refractivity (Wildman–Crippen MR) is 106 cm³/mol. The molecule has 0 aliphatic carbocycles. The van der Waals surface area contributed by atoms with Gasteiger partial charge in [0, 0.05) is 38.4 Å². The number of nitrogens with zero attached hydrogens (tertiary/aromatic N) is 2. The van der Waals surface area contributed by atoms with E-state index in [1.807, 2.05) is 36.4 Å². The first-order valence-electron chi connectivity index (χ1n) is 9.25. The van der Waals surface area contributed by atoms with E-state index in [-0.39, 0.29) is 6.61 Å². The molecule has 3 rings (SSSR count). The first-order valence-corrected chi connectivity index (χ1v) is 9.25. The summed E-state index contributed by atoms with van der Waals surface area (Å²) >= 11 is 0.